The van der Waals surface area contributed by atoms with Gasteiger partial charge in [-0.2, -0.15) is 0 Å². The van der Waals surface area contributed by atoms with Crippen LogP contribution in [-0.2, 0) is 0 Å². The lowest BCUT2D eigenvalue weighted by molar-refractivity contribution is 0.666. The first-order valence-electron chi connectivity index (χ1n) is 31.0. The van der Waals surface area contributed by atoms with Crippen LogP contribution in [0.15, 0.2) is 332 Å². The van der Waals surface area contributed by atoms with Crippen LogP contribution in [0.3, 0.4) is 0 Å². The Bertz CT molecular complexity index is 5730. The number of furan rings is 1. The maximum atomic E-state index is 7.39. The molecule has 5 heterocycles. The molecular formula is C84H54N4OSi. The molecule has 0 N–H and O–H groups in total. The Morgan fingerprint density at radius 3 is 1.14 bits per heavy atom. The first kappa shape index (κ1) is 50.4. The molecule has 0 aliphatic carbocycles. The molecule has 0 amide bonds. The van der Waals surface area contributed by atoms with Crippen LogP contribution < -0.4 is 20.7 Å². The lowest BCUT2D eigenvalue weighted by Gasteiger charge is -2.36. The van der Waals surface area contributed by atoms with E-state index in [1.165, 1.54) is 80.8 Å². The number of para-hydroxylation sites is 8. The van der Waals surface area contributed by atoms with Gasteiger partial charge in [0.15, 0.2) is 13.7 Å². The third-order valence-corrected chi connectivity index (χ3v) is 24.1. The van der Waals surface area contributed by atoms with Crippen molar-refractivity contribution in [3.05, 3.63) is 328 Å². The molecule has 90 heavy (non-hydrogen) atoms. The molecule has 0 aliphatic rings. The van der Waals surface area contributed by atoms with Crippen molar-refractivity contribution in [2.45, 2.75) is 0 Å². The van der Waals surface area contributed by atoms with E-state index in [1.54, 1.807) is 0 Å². The summed E-state index contributed by atoms with van der Waals surface area (Å²) < 4.78 is 17.3. The van der Waals surface area contributed by atoms with Crippen LogP contribution in [0.4, 0.5) is 0 Å². The molecule has 6 heteroatoms. The van der Waals surface area contributed by atoms with Crippen LogP contribution in [0.1, 0.15) is 0 Å². The molecule has 14 aromatic carbocycles. The van der Waals surface area contributed by atoms with Crippen molar-refractivity contribution in [2.24, 2.45) is 0 Å². The van der Waals surface area contributed by atoms with E-state index in [0.29, 0.717) is 0 Å². The third-order valence-electron chi connectivity index (χ3n) is 19.3. The maximum absolute atomic E-state index is 7.39. The van der Waals surface area contributed by atoms with Crippen LogP contribution in [0.25, 0.3) is 143 Å². The van der Waals surface area contributed by atoms with E-state index in [0.717, 1.165) is 83.0 Å². The highest BCUT2D eigenvalue weighted by molar-refractivity contribution is 7.20. The van der Waals surface area contributed by atoms with Gasteiger partial charge in [0.2, 0.25) is 0 Å². The van der Waals surface area contributed by atoms with Gasteiger partial charge in [-0.1, -0.05) is 243 Å². The summed E-state index contributed by atoms with van der Waals surface area (Å²) in [6.07, 6.45) is 0. The Morgan fingerprint density at radius 2 is 0.622 bits per heavy atom. The molecule has 0 radical (unpaired) electrons. The highest BCUT2D eigenvalue weighted by Gasteiger charge is 2.43. The first-order chi connectivity index (χ1) is 44.7. The van der Waals surface area contributed by atoms with Crippen molar-refractivity contribution in [3.8, 4) is 33.9 Å². The summed E-state index contributed by atoms with van der Waals surface area (Å²) in [6.45, 7) is 0. The summed E-state index contributed by atoms with van der Waals surface area (Å²) in [5.74, 6) is 0. The number of benzene rings is 14. The SMILES string of the molecule is c1ccc([Si](c2ccccc2)(c2ccccc2)c2ccccc2-n2c3ccccc3c3cccc(-c4cccc5oc6c(-n7c8ccc(-n9c%10ccccc%10c%10ccccc%109)cc8c8cc(-n9c%10ccccc%10c%10ccccc%109)ccc87)cccc6c45)c32)cc1. The average Bonchev–Trinajstić information content (AvgIpc) is 1.60. The van der Waals surface area contributed by atoms with Crippen LogP contribution in [0, 0.1) is 0 Å². The number of aromatic nitrogens is 4. The normalized spacial score (nSPS) is 12.2. The Hall–Kier alpha value is -11.7. The minimum atomic E-state index is -3.03. The third kappa shape index (κ3) is 7.13. The van der Waals surface area contributed by atoms with Gasteiger partial charge in [0.1, 0.15) is 5.58 Å². The van der Waals surface area contributed by atoms with Crippen molar-refractivity contribution in [1.29, 1.82) is 0 Å². The van der Waals surface area contributed by atoms with Gasteiger partial charge in [-0.05, 0) is 111 Å². The Balaban J connectivity index is 0.860. The largest absolute Gasteiger partial charge is 0.454 e. The number of hydrogen-bond acceptors (Lipinski definition) is 1. The highest BCUT2D eigenvalue weighted by atomic mass is 28.3. The summed E-state index contributed by atoms with van der Waals surface area (Å²) in [7, 11) is -3.03. The van der Waals surface area contributed by atoms with Crippen LogP contribution in [-0.4, -0.2) is 26.3 Å². The lowest BCUT2D eigenvalue weighted by atomic mass is 9.97. The summed E-state index contributed by atoms with van der Waals surface area (Å²) >= 11 is 0. The van der Waals surface area contributed by atoms with Crippen molar-refractivity contribution >= 4 is 138 Å². The second-order valence-electron chi connectivity index (χ2n) is 23.8. The van der Waals surface area contributed by atoms with Crippen LogP contribution >= 0.6 is 0 Å². The topological polar surface area (TPSA) is 32.9 Å². The van der Waals surface area contributed by atoms with Crippen molar-refractivity contribution in [2.75, 3.05) is 0 Å². The van der Waals surface area contributed by atoms with Gasteiger partial charge in [-0.25, -0.2) is 0 Å². The monoisotopic (exact) mass is 1160 g/mol. The zero-order valence-corrected chi connectivity index (χ0v) is 49.9. The zero-order valence-electron chi connectivity index (χ0n) is 48.9. The number of nitrogens with zero attached hydrogens (tertiary/aromatic N) is 4. The molecule has 19 aromatic rings. The molecule has 19 rings (SSSR count). The van der Waals surface area contributed by atoms with E-state index < -0.39 is 8.07 Å². The molecule has 0 saturated heterocycles. The molecule has 5 aromatic heterocycles. The lowest BCUT2D eigenvalue weighted by Crippen LogP contribution is -2.75. The van der Waals surface area contributed by atoms with E-state index in [2.05, 4.69) is 346 Å². The van der Waals surface area contributed by atoms with E-state index in [4.69, 9.17) is 4.42 Å². The van der Waals surface area contributed by atoms with Crippen LogP contribution in [0.2, 0.25) is 0 Å². The fourth-order valence-electron chi connectivity index (χ4n) is 15.7. The van der Waals surface area contributed by atoms with Gasteiger partial charge in [0.05, 0.1) is 49.8 Å². The molecule has 0 atom stereocenters. The fourth-order valence-corrected chi connectivity index (χ4v) is 20.6. The van der Waals surface area contributed by atoms with Crippen molar-refractivity contribution in [1.82, 2.24) is 18.3 Å². The predicted molar refractivity (Wildman–Crippen MR) is 380 cm³/mol. The van der Waals surface area contributed by atoms with Gasteiger partial charge in [0, 0.05) is 76.5 Å². The van der Waals surface area contributed by atoms with E-state index in [1.807, 2.05) is 0 Å². The molecule has 0 spiro atoms. The molecule has 0 aliphatic heterocycles. The van der Waals surface area contributed by atoms with Crippen molar-refractivity contribution in [3.63, 3.8) is 0 Å². The van der Waals surface area contributed by atoms with Gasteiger partial charge in [-0.15, -0.1) is 0 Å². The van der Waals surface area contributed by atoms with Gasteiger partial charge in [0.25, 0.3) is 0 Å². The highest BCUT2D eigenvalue weighted by Crippen LogP contribution is 2.46. The molecule has 420 valence electrons. The molecular weight excluding hydrogens is 1110 g/mol. The second-order valence-corrected chi connectivity index (χ2v) is 27.6. The summed E-state index contributed by atoms with van der Waals surface area (Å²) in [6, 6.07) is 121. The molecule has 0 fully saturated rings. The average molecular weight is 1160 g/mol. The smallest absolute Gasteiger partial charge is 0.181 e. The Kier molecular flexibility index (Phi) is 11.0. The quantitative estimate of drug-likeness (QED) is 0.105. The minimum absolute atomic E-state index is 0.833. The summed E-state index contributed by atoms with van der Waals surface area (Å²) in [5.41, 5.74) is 17.5. The summed E-state index contributed by atoms with van der Waals surface area (Å²) in [4.78, 5) is 0. The van der Waals surface area contributed by atoms with Crippen LogP contribution in [0.5, 0.6) is 0 Å². The molecule has 0 bridgehead atoms. The van der Waals surface area contributed by atoms with E-state index in [9.17, 15) is 0 Å². The van der Waals surface area contributed by atoms with Gasteiger partial charge in [-0.3, -0.25) is 0 Å². The van der Waals surface area contributed by atoms with Gasteiger partial charge < -0.3 is 22.7 Å². The summed E-state index contributed by atoms with van der Waals surface area (Å²) in [5, 5.41) is 17.1. The van der Waals surface area contributed by atoms with Crippen molar-refractivity contribution < 1.29 is 4.42 Å². The maximum Gasteiger partial charge on any atom is 0.181 e. The Labute approximate surface area is 519 Å². The second kappa shape index (κ2) is 19.7. The molecule has 0 unspecified atom stereocenters. The first-order valence-corrected chi connectivity index (χ1v) is 33.0. The standard InChI is InChI=1S/C84H54N4OSi/c1-4-25-57(26-5-1)90(58-27-6-2-7-28-58,59-29-8-3-9-30-59)81-48-21-20-45-78(81)88-75-44-19-14-35-64(75)66-37-22-38-67(83(66)88)65-36-24-47-80-82(65)68-39-23-46-79(84(68)89-80)87-76-51-49-55(85-71-40-15-10-31-60(71)61-32-11-16-41-72(61)85)53-69(76)70-54-56(50-52-77(70)87)86-73-42-17-12-33-62(73)63-34-13-18-43-74(63)86/h1-54H. The van der Waals surface area contributed by atoms with E-state index >= 15 is 0 Å². The number of hydrogen-bond donors (Lipinski definition) is 0. The number of rotatable bonds is 9. The molecule has 5 nitrogen and oxygen atoms in total. The van der Waals surface area contributed by atoms with Gasteiger partial charge >= 0.3 is 0 Å². The minimum Gasteiger partial charge on any atom is -0.454 e. The number of fused-ring (bicyclic) bond motifs is 15. The Morgan fingerprint density at radius 1 is 0.244 bits per heavy atom. The van der Waals surface area contributed by atoms with E-state index in [-0.39, 0.29) is 0 Å². The molecule has 0 saturated carbocycles. The fraction of sp³-hybridized carbons (Fsp3) is 0. The predicted octanol–water partition coefficient (Wildman–Crippen LogP) is 19.0. The zero-order chi connectivity index (χ0) is 59.0.